The zero-order chi connectivity index (χ0) is 19.1. The standard InChI is InChI=1S/C20H19I2N3O2/c1-10(21)20(27)15(22)4-5-16-13-8-11(26)2-3-12(13)19-14-9-23-25-17(14)6-7-18(19)24-16/h4-7,9,11,14,17,25-27H,1-3,8H2/b5-4+,20-15-. The van der Waals surface area contributed by atoms with Crippen LogP contribution in [-0.4, -0.2) is 33.6 Å². The quantitative estimate of drug-likeness (QED) is 0.282. The van der Waals surface area contributed by atoms with Crippen molar-refractivity contribution in [3.8, 4) is 0 Å². The highest BCUT2D eigenvalue weighted by Gasteiger charge is 2.34. The third-order valence-electron chi connectivity index (χ3n) is 5.19. The van der Waals surface area contributed by atoms with Gasteiger partial charge in [-0.3, -0.25) is 0 Å². The van der Waals surface area contributed by atoms with E-state index in [1.165, 1.54) is 11.1 Å². The van der Waals surface area contributed by atoms with Gasteiger partial charge >= 0.3 is 0 Å². The Labute approximate surface area is 185 Å². The van der Waals surface area contributed by atoms with Gasteiger partial charge in [-0.25, -0.2) is 4.98 Å². The maximum absolute atomic E-state index is 10.2. The van der Waals surface area contributed by atoms with Gasteiger partial charge in [-0.1, -0.05) is 12.7 Å². The third-order valence-corrected chi connectivity index (χ3v) is 6.58. The molecule has 0 saturated heterocycles. The summed E-state index contributed by atoms with van der Waals surface area (Å²) in [6.07, 6.45) is 11.8. The summed E-state index contributed by atoms with van der Waals surface area (Å²) in [5.41, 5.74) is 8.61. The number of rotatable bonds is 3. The van der Waals surface area contributed by atoms with Gasteiger partial charge in [0.25, 0.3) is 0 Å². The van der Waals surface area contributed by atoms with Gasteiger partial charge < -0.3 is 15.6 Å². The lowest BCUT2D eigenvalue weighted by molar-refractivity contribution is 0.158. The largest absolute Gasteiger partial charge is 0.506 e. The highest BCUT2D eigenvalue weighted by molar-refractivity contribution is 14.1. The van der Waals surface area contributed by atoms with Crippen molar-refractivity contribution in [2.75, 3.05) is 0 Å². The average Bonchev–Trinajstić information content (AvgIpc) is 3.13. The van der Waals surface area contributed by atoms with E-state index in [1.807, 2.05) is 41.0 Å². The molecule has 1 aliphatic heterocycles. The molecule has 140 valence electrons. The molecule has 3 aliphatic rings. The van der Waals surface area contributed by atoms with E-state index in [9.17, 15) is 10.2 Å². The Bertz CT molecular complexity index is 934. The minimum absolute atomic E-state index is 0.176. The Kier molecular flexibility index (Phi) is 5.43. The second kappa shape index (κ2) is 7.67. The molecule has 3 N–H and O–H groups in total. The second-order valence-corrected chi connectivity index (χ2v) is 9.37. The van der Waals surface area contributed by atoms with Crippen LogP contribution in [0.2, 0.25) is 0 Å². The molecule has 0 aromatic carbocycles. The number of halogens is 2. The molecule has 27 heavy (non-hydrogen) atoms. The topological polar surface area (TPSA) is 77.7 Å². The fraction of sp³-hybridized carbons (Fsp3) is 0.300. The molecule has 3 atom stereocenters. The van der Waals surface area contributed by atoms with Crippen molar-refractivity contribution >= 4 is 63.5 Å². The first-order valence-corrected chi connectivity index (χ1v) is 10.9. The van der Waals surface area contributed by atoms with Crippen LogP contribution in [0.5, 0.6) is 0 Å². The highest BCUT2D eigenvalue weighted by atomic mass is 127. The van der Waals surface area contributed by atoms with Gasteiger partial charge in [0.15, 0.2) is 0 Å². The number of allylic oxidation sites excluding steroid dienone is 3. The molecular weight excluding hydrogens is 568 g/mol. The van der Waals surface area contributed by atoms with Crippen LogP contribution in [0.25, 0.3) is 12.2 Å². The van der Waals surface area contributed by atoms with Crippen molar-refractivity contribution in [2.24, 2.45) is 5.10 Å². The number of aliphatic hydroxyl groups is 2. The van der Waals surface area contributed by atoms with Crippen molar-refractivity contribution in [3.63, 3.8) is 0 Å². The molecule has 1 aromatic rings. The van der Waals surface area contributed by atoms with Crippen LogP contribution in [0.1, 0.15) is 40.4 Å². The van der Waals surface area contributed by atoms with E-state index < -0.39 is 0 Å². The van der Waals surface area contributed by atoms with E-state index in [-0.39, 0.29) is 23.8 Å². The lowest BCUT2D eigenvalue weighted by Gasteiger charge is -2.30. The van der Waals surface area contributed by atoms with Crippen LogP contribution in [0.3, 0.4) is 0 Å². The molecule has 5 nitrogen and oxygen atoms in total. The highest BCUT2D eigenvalue weighted by Crippen LogP contribution is 2.38. The lowest BCUT2D eigenvalue weighted by Crippen LogP contribution is -2.30. The van der Waals surface area contributed by atoms with E-state index in [1.54, 1.807) is 0 Å². The summed E-state index contributed by atoms with van der Waals surface area (Å²) in [6, 6.07) is 0.187. The number of pyridine rings is 1. The SMILES string of the molecule is C=C(I)/C(O)=C(I)\C=C\c1nc2c(c3c1CC(O)CC3)C1C=NNC1C=C2. The van der Waals surface area contributed by atoms with Crippen LogP contribution in [0, 0.1) is 0 Å². The molecule has 7 heteroatoms. The predicted molar refractivity (Wildman–Crippen MR) is 125 cm³/mol. The van der Waals surface area contributed by atoms with Crippen LogP contribution >= 0.6 is 45.2 Å². The first kappa shape index (κ1) is 19.1. The van der Waals surface area contributed by atoms with Gasteiger partial charge in [-0.2, -0.15) is 5.10 Å². The number of hydrogen-bond acceptors (Lipinski definition) is 5. The summed E-state index contributed by atoms with van der Waals surface area (Å²) in [4.78, 5) is 4.89. The number of hydrogen-bond donors (Lipinski definition) is 3. The van der Waals surface area contributed by atoms with Gasteiger partial charge in [-0.15, -0.1) is 0 Å². The van der Waals surface area contributed by atoms with Crippen LogP contribution in [0.15, 0.2) is 36.8 Å². The molecule has 0 amide bonds. The van der Waals surface area contributed by atoms with E-state index in [2.05, 4.69) is 51.8 Å². The van der Waals surface area contributed by atoms with E-state index in [4.69, 9.17) is 4.98 Å². The fourth-order valence-electron chi connectivity index (χ4n) is 3.88. The third kappa shape index (κ3) is 3.61. The number of fused-ring (bicyclic) bond motifs is 5. The Morgan fingerprint density at radius 2 is 2.15 bits per heavy atom. The summed E-state index contributed by atoms with van der Waals surface area (Å²) in [5.74, 6) is 0.376. The number of nitrogens with zero attached hydrogens (tertiary/aromatic N) is 2. The van der Waals surface area contributed by atoms with Crippen molar-refractivity contribution < 1.29 is 10.2 Å². The minimum Gasteiger partial charge on any atom is -0.506 e. The summed E-state index contributed by atoms with van der Waals surface area (Å²) in [7, 11) is 0. The molecule has 3 unspecified atom stereocenters. The van der Waals surface area contributed by atoms with Crippen molar-refractivity contribution in [2.45, 2.75) is 37.3 Å². The molecular formula is C20H19I2N3O2. The van der Waals surface area contributed by atoms with Gasteiger partial charge in [0.05, 0.1) is 27.1 Å². The maximum atomic E-state index is 10.2. The summed E-state index contributed by atoms with van der Waals surface area (Å²) in [5, 5.41) is 24.6. The molecule has 0 saturated carbocycles. The predicted octanol–water partition coefficient (Wildman–Crippen LogP) is 4.17. The van der Waals surface area contributed by atoms with Gasteiger partial charge in [-0.05, 0) is 92.9 Å². The normalized spacial score (nSPS) is 26.3. The second-order valence-electron chi connectivity index (χ2n) is 6.90. The smallest absolute Gasteiger partial charge is 0.141 e. The number of aromatic nitrogens is 1. The molecule has 0 bridgehead atoms. The molecule has 0 radical (unpaired) electrons. The molecule has 0 spiro atoms. The van der Waals surface area contributed by atoms with Gasteiger partial charge in [0, 0.05) is 22.1 Å². The van der Waals surface area contributed by atoms with E-state index in [0.717, 1.165) is 29.8 Å². The Morgan fingerprint density at radius 3 is 2.93 bits per heavy atom. The fourth-order valence-corrected chi connectivity index (χ4v) is 5.19. The first-order valence-electron chi connectivity index (χ1n) is 8.78. The monoisotopic (exact) mass is 587 g/mol. The molecule has 2 aliphatic carbocycles. The van der Waals surface area contributed by atoms with Crippen molar-refractivity contribution in [3.05, 3.63) is 59.7 Å². The van der Waals surface area contributed by atoms with Gasteiger partial charge in [0.2, 0.25) is 0 Å². The van der Waals surface area contributed by atoms with E-state index in [0.29, 0.717) is 13.6 Å². The minimum atomic E-state index is -0.341. The maximum Gasteiger partial charge on any atom is 0.141 e. The Hall–Kier alpha value is -1.20. The lowest BCUT2D eigenvalue weighted by atomic mass is 9.77. The summed E-state index contributed by atoms with van der Waals surface area (Å²) < 4.78 is 1.30. The van der Waals surface area contributed by atoms with E-state index >= 15 is 0 Å². The van der Waals surface area contributed by atoms with Gasteiger partial charge in [0.1, 0.15) is 5.76 Å². The molecule has 1 aromatic heterocycles. The molecule has 2 heterocycles. The first-order chi connectivity index (χ1) is 13.0. The van der Waals surface area contributed by atoms with Crippen molar-refractivity contribution in [1.82, 2.24) is 10.4 Å². The number of hydrazone groups is 1. The Balaban J connectivity index is 1.83. The van der Waals surface area contributed by atoms with Crippen molar-refractivity contribution in [1.29, 1.82) is 0 Å². The molecule has 4 rings (SSSR count). The summed E-state index contributed by atoms with van der Waals surface area (Å²) >= 11 is 4.09. The summed E-state index contributed by atoms with van der Waals surface area (Å²) in [6.45, 7) is 3.76. The Morgan fingerprint density at radius 1 is 1.33 bits per heavy atom. The number of aliphatic hydroxyl groups excluding tert-OH is 2. The van der Waals surface area contributed by atoms with Crippen LogP contribution < -0.4 is 5.43 Å². The average molecular weight is 587 g/mol. The van der Waals surface area contributed by atoms with Crippen LogP contribution in [-0.2, 0) is 12.8 Å². The zero-order valence-corrected chi connectivity index (χ0v) is 18.8. The number of nitrogens with one attached hydrogen (secondary N) is 1. The van der Waals surface area contributed by atoms with Crippen LogP contribution in [0.4, 0.5) is 0 Å². The zero-order valence-electron chi connectivity index (χ0n) is 14.5. The molecule has 0 fully saturated rings.